The van der Waals surface area contributed by atoms with Crippen LogP contribution >= 0.6 is 0 Å². The van der Waals surface area contributed by atoms with E-state index < -0.39 is 0 Å². The van der Waals surface area contributed by atoms with Gasteiger partial charge in [0.15, 0.2) is 0 Å². The summed E-state index contributed by atoms with van der Waals surface area (Å²) in [4.78, 5) is 31.2. The number of carbonyl (C=O) groups excluding carboxylic acids is 2. The molecule has 2 aliphatic rings. The Labute approximate surface area is 166 Å². The number of benzene rings is 1. The lowest BCUT2D eigenvalue weighted by Gasteiger charge is -2.25. The maximum atomic E-state index is 12.9. The van der Waals surface area contributed by atoms with Gasteiger partial charge in [-0.25, -0.2) is 0 Å². The highest BCUT2D eigenvalue weighted by atomic mass is 16.2. The van der Waals surface area contributed by atoms with Crippen LogP contribution in [0.5, 0.6) is 0 Å². The van der Waals surface area contributed by atoms with E-state index in [1.54, 1.807) is 12.4 Å². The molecule has 0 radical (unpaired) electrons. The largest absolute Gasteiger partial charge is 0.351 e. The summed E-state index contributed by atoms with van der Waals surface area (Å²) in [5, 5.41) is 3.17. The van der Waals surface area contributed by atoms with E-state index in [0.29, 0.717) is 5.56 Å². The Morgan fingerprint density at radius 3 is 2.32 bits per heavy atom. The van der Waals surface area contributed by atoms with E-state index in [2.05, 4.69) is 17.2 Å². The van der Waals surface area contributed by atoms with Crippen molar-refractivity contribution in [2.24, 2.45) is 5.92 Å². The first-order chi connectivity index (χ1) is 13.5. The van der Waals surface area contributed by atoms with Crippen LogP contribution in [0.25, 0.3) is 11.1 Å². The molecule has 2 unspecified atom stereocenters. The molecule has 2 amide bonds. The molecule has 1 aromatic heterocycles. The zero-order chi connectivity index (χ0) is 19.7. The van der Waals surface area contributed by atoms with Crippen LogP contribution in [-0.2, 0) is 4.79 Å². The van der Waals surface area contributed by atoms with E-state index >= 15 is 0 Å². The number of carbonyl (C=O) groups is 2. The summed E-state index contributed by atoms with van der Waals surface area (Å²) in [6.45, 7) is 2.10. The first-order valence-corrected chi connectivity index (χ1v) is 10.0. The third kappa shape index (κ3) is 3.93. The van der Waals surface area contributed by atoms with Gasteiger partial charge in [-0.05, 0) is 74.4 Å². The molecular formula is C23H27N3O2. The monoisotopic (exact) mass is 377 g/mol. The number of rotatable bonds is 5. The molecule has 5 nitrogen and oxygen atoms in total. The van der Waals surface area contributed by atoms with Gasteiger partial charge in [0, 0.05) is 42.5 Å². The summed E-state index contributed by atoms with van der Waals surface area (Å²) >= 11 is 0. The highest BCUT2D eigenvalue weighted by molar-refractivity contribution is 5.95. The van der Waals surface area contributed by atoms with Gasteiger partial charge in [0.05, 0.1) is 0 Å². The van der Waals surface area contributed by atoms with Gasteiger partial charge in [-0.2, -0.15) is 0 Å². The molecule has 0 spiro atoms. The molecule has 2 fully saturated rings. The van der Waals surface area contributed by atoms with Crippen molar-refractivity contribution in [1.82, 2.24) is 15.2 Å². The number of hydrogen-bond donors (Lipinski definition) is 1. The van der Waals surface area contributed by atoms with Gasteiger partial charge in [-0.3, -0.25) is 14.6 Å². The molecular weight excluding hydrogens is 350 g/mol. The number of amides is 2. The van der Waals surface area contributed by atoms with E-state index in [-0.39, 0.29) is 29.3 Å². The standard InChI is InChI=1S/C23H27N3O2/c1-23(11-12-23)25-21(27)19-7-8-20(15-19)26(2)22(28)18-5-3-16(4-6-18)17-9-13-24-14-10-17/h3-6,9-10,13-14,19-20H,7-8,11-12,15H2,1-2H3,(H,25,27). The fourth-order valence-electron chi connectivity index (χ4n) is 3.98. The minimum absolute atomic E-state index is 0.0153. The second-order valence-corrected chi connectivity index (χ2v) is 8.44. The molecule has 1 heterocycles. The van der Waals surface area contributed by atoms with E-state index in [1.165, 1.54) is 0 Å². The smallest absolute Gasteiger partial charge is 0.253 e. The maximum Gasteiger partial charge on any atom is 0.253 e. The van der Waals surface area contributed by atoms with E-state index in [0.717, 1.165) is 43.2 Å². The third-order valence-electron chi connectivity index (χ3n) is 6.21. The SMILES string of the molecule is CN(C(=O)c1ccc(-c2ccncc2)cc1)C1CCC(C(=O)NC2(C)CC2)C1. The second-order valence-electron chi connectivity index (χ2n) is 8.44. The van der Waals surface area contributed by atoms with E-state index in [4.69, 9.17) is 0 Å². The number of nitrogens with zero attached hydrogens (tertiary/aromatic N) is 2. The highest BCUT2D eigenvalue weighted by Crippen LogP contribution is 2.36. The predicted octanol–water partition coefficient (Wildman–Crippen LogP) is 3.66. The molecule has 5 heteroatoms. The maximum absolute atomic E-state index is 12.9. The molecule has 1 N–H and O–H groups in total. The van der Waals surface area contributed by atoms with Crippen LogP contribution < -0.4 is 5.32 Å². The van der Waals surface area contributed by atoms with Crippen LogP contribution in [0.1, 0.15) is 49.4 Å². The van der Waals surface area contributed by atoms with Crippen LogP contribution in [0.2, 0.25) is 0 Å². The van der Waals surface area contributed by atoms with Crippen molar-refractivity contribution < 1.29 is 9.59 Å². The summed E-state index contributed by atoms with van der Waals surface area (Å²) in [7, 11) is 1.85. The molecule has 2 aromatic rings. The van der Waals surface area contributed by atoms with Gasteiger partial charge in [0.25, 0.3) is 5.91 Å². The number of nitrogens with one attached hydrogen (secondary N) is 1. The van der Waals surface area contributed by atoms with Crippen LogP contribution in [0.4, 0.5) is 0 Å². The lowest BCUT2D eigenvalue weighted by Crippen LogP contribution is -2.39. The molecule has 28 heavy (non-hydrogen) atoms. The normalized spacial score (nSPS) is 22.5. The molecule has 1 aromatic carbocycles. The first kappa shape index (κ1) is 18.7. The molecule has 2 aliphatic carbocycles. The average Bonchev–Trinajstić information content (AvgIpc) is 3.24. The highest BCUT2D eigenvalue weighted by Gasteiger charge is 2.42. The fraction of sp³-hybridized carbons (Fsp3) is 0.435. The Bertz CT molecular complexity index is 859. The van der Waals surface area contributed by atoms with Crippen molar-refractivity contribution in [1.29, 1.82) is 0 Å². The van der Waals surface area contributed by atoms with Crippen molar-refractivity contribution in [3.63, 3.8) is 0 Å². The van der Waals surface area contributed by atoms with E-state index in [9.17, 15) is 9.59 Å². The van der Waals surface area contributed by atoms with Gasteiger partial charge < -0.3 is 10.2 Å². The van der Waals surface area contributed by atoms with E-state index in [1.807, 2.05) is 48.3 Å². The minimum Gasteiger partial charge on any atom is -0.351 e. The third-order valence-corrected chi connectivity index (χ3v) is 6.21. The number of hydrogen-bond acceptors (Lipinski definition) is 3. The van der Waals surface area contributed by atoms with Crippen LogP contribution in [0.15, 0.2) is 48.8 Å². The van der Waals surface area contributed by atoms with Gasteiger partial charge in [0.2, 0.25) is 5.91 Å². The Balaban J connectivity index is 1.37. The molecule has 146 valence electrons. The quantitative estimate of drug-likeness (QED) is 0.865. The molecule has 2 saturated carbocycles. The summed E-state index contributed by atoms with van der Waals surface area (Å²) in [6, 6.07) is 11.7. The Morgan fingerprint density at radius 1 is 1.04 bits per heavy atom. The molecule has 0 aliphatic heterocycles. The topological polar surface area (TPSA) is 62.3 Å². The van der Waals surface area contributed by atoms with Crippen molar-refractivity contribution in [3.05, 3.63) is 54.4 Å². The van der Waals surface area contributed by atoms with Gasteiger partial charge >= 0.3 is 0 Å². The molecule has 0 saturated heterocycles. The summed E-state index contributed by atoms with van der Waals surface area (Å²) in [6.07, 6.45) is 8.15. The number of pyridine rings is 1. The van der Waals surface area contributed by atoms with Gasteiger partial charge in [-0.15, -0.1) is 0 Å². The van der Waals surface area contributed by atoms with Crippen molar-refractivity contribution in [2.75, 3.05) is 7.05 Å². The zero-order valence-corrected chi connectivity index (χ0v) is 16.5. The zero-order valence-electron chi connectivity index (χ0n) is 16.5. The Kier molecular flexibility index (Phi) is 4.92. The summed E-state index contributed by atoms with van der Waals surface area (Å²) < 4.78 is 0. The predicted molar refractivity (Wildman–Crippen MR) is 109 cm³/mol. The number of aromatic nitrogens is 1. The average molecular weight is 377 g/mol. The molecule has 4 rings (SSSR count). The van der Waals surface area contributed by atoms with Gasteiger partial charge in [-0.1, -0.05) is 12.1 Å². The van der Waals surface area contributed by atoms with Crippen molar-refractivity contribution in [2.45, 2.75) is 50.6 Å². The summed E-state index contributed by atoms with van der Waals surface area (Å²) in [5.41, 5.74) is 2.84. The minimum atomic E-state index is 0.0153. The van der Waals surface area contributed by atoms with Crippen LogP contribution in [0.3, 0.4) is 0 Å². The fourth-order valence-corrected chi connectivity index (χ4v) is 3.98. The van der Waals surface area contributed by atoms with Crippen LogP contribution in [-0.4, -0.2) is 40.3 Å². The Hall–Kier alpha value is -2.69. The Morgan fingerprint density at radius 2 is 1.68 bits per heavy atom. The lowest BCUT2D eigenvalue weighted by molar-refractivity contribution is -0.125. The van der Waals surface area contributed by atoms with Gasteiger partial charge in [0.1, 0.15) is 0 Å². The van der Waals surface area contributed by atoms with Crippen molar-refractivity contribution >= 4 is 11.8 Å². The molecule has 0 bridgehead atoms. The first-order valence-electron chi connectivity index (χ1n) is 10.0. The lowest BCUT2D eigenvalue weighted by atomic mass is 10.0. The second kappa shape index (κ2) is 7.38. The van der Waals surface area contributed by atoms with Crippen molar-refractivity contribution in [3.8, 4) is 11.1 Å². The van der Waals surface area contributed by atoms with Crippen LogP contribution in [0, 0.1) is 5.92 Å². The summed E-state index contributed by atoms with van der Waals surface area (Å²) in [5.74, 6) is 0.193. The molecule has 2 atom stereocenters.